The SMILES string of the molecule is Cc1ccc(-c2nc(CN3C(=O)N[C@](C)(c4ccccc4C(F)(F)F)C3=O)co2)cc1. The lowest BCUT2D eigenvalue weighted by molar-refractivity contribution is -0.140. The van der Waals surface area contributed by atoms with Crippen LogP contribution in [0.2, 0.25) is 0 Å². The van der Waals surface area contributed by atoms with Gasteiger partial charge in [-0.2, -0.15) is 13.2 Å². The minimum atomic E-state index is -4.67. The van der Waals surface area contributed by atoms with Gasteiger partial charge in [-0.05, 0) is 37.6 Å². The summed E-state index contributed by atoms with van der Waals surface area (Å²) in [5.41, 5.74) is -1.06. The Morgan fingerprint density at radius 3 is 2.45 bits per heavy atom. The molecule has 0 unspecified atom stereocenters. The van der Waals surface area contributed by atoms with Crippen molar-refractivity contribution >= 4 is 11.9 Å². The Balaban J connectivity index is 1.61. The summed E-state index contributed by atoms with van der Waals surface area (Å²) >= 11 is 0. The van der Waals surface area contributed by atoms with Crippen molar-refractivity contribution in [1.82, 2.24) is 15.2 Å². The van der Waals surface area contributed by atoms with Gasteiger partial charge in [0.2, 0.25) is 5.89 Å². The zero-order valence-electron chi connectivity index (χ0n) is 16.7. The minimum Gasteiger partial charge on any atom is -0.444 e. The van der Waals surface area contributed by atoms with Crippen LogP contribution in [0.4, 0.5) is 18.0 Å². The molecular weight excluding hydrogens is 411 g/mol. The molecule has 1 fully saturated rings. The van der Waals surface area contributed by atoms with Gasteiger partial charge in [0.1, 0.15) is 11.8 Å². The second kappa shape index (κ2) is 7.26. The van der Waals surface area contributed by atoms with Crippen molar-refractivity contribution in [2.45, 2.75) is 32.1 Å². The maximum Gasteiger partial charge on any atom is 0.416 e. The summed E-state index contributed by atoms with van der Waals surface area (Å²) in [4.78, 5) is 30.7. The van der Waals surface area contributed by atoms with Crippen LogP contribution in [0.15, 0.2) is 59.2 Å². The number of carbonyl (C=O) groups excluding carboxylic acids is 2. The smallest absolute Gasteiger partial charge is 0.416 e. The molecule has 1 atom stereocenters. The van der Waals surface area contributed by atoms with Crippen molar-refractivity contribution in [3.63, 3.8) is 0 Å². The van der Waals surface area contributed by atoms with Gasteiger partial charge in [0.25, 0.3) is 5.91 Å². The second-order valence-electron chi connectivity index (χ2n) is 7.50. The highest BCUT2D eigenvalue weighted by atomic mass is 19.4. The number of hydrogen-bond donors (Lipinski definition) is 1. The van der Waals surface area contributed by atoms with E-state index in [1.807, 2.05) is 31.2 Å². The van der Waals surface area contributed by atoms with Crippen molar-refractivity contribution in [2.75, 3.05) is 0 Å². The molecule has 3 amide bonds. The van der Waals surface area contributed by atoms with Crippen molar-refractivity contribution in [1.29, 1.82) is 0 Å². The quantitative estimate of drug-likeness (QED) is 0.614. The summed E-state index contributed by atoms with van der Waals surface area (Å²) < 4.78 is 45.8. The summed E-state index contributed by atoms with van der Waals surface area (Å²) in [6, 6.07) is 11.3. The Kier molecular flexibility index (Phi) is 4.83. The molecule has 31 heavy (non-hydrogen) atoms. The number of rotatable bonds is 4. The minimum absolute atomic E-state index is 0.232. The van der Waals surface area contributed by atoms with Gasteiger partial charge in [0.05, 0.1) is 17.8 Å². The molecule has 0 spiro atoms. The van der Waals surface area contributed by atoms with E-state index in [0.29, 0.717) is 11.6 Å². The molecule has 1 saturated heterocycles. The molecule has 0 radical (unpaired) electrons. The van der Waals surface area contributed by atoms with E-state index in [1.54, 1.807) is 0 Å². The van der Waals surface area contributed by atoms with Crippen LogP contribution >= 0.6 is 0 Å². The number of imide groups is 1. The molecule has 6 nitrogen and oxygen atoms in total. The Morgan fingerprint density at radius 2 is 1.77 bits per heavy atom. The molecule has 4 rings (SSSR count). The molecule has 3 aromatic rings. The largest absolute Gasteiger partial charge is 0.444 e. The molecule has 0 aliphatic carbocycles. The van der Waals surface area contributed by atoms with Crippen LogP contribution < -0.4 is 5.32 Å². The van der Waals surface area contributed by atoms with Gasteiger partial charge in [0.15, 0.2) is 0 Å². The third kappa shape index (κ3) is 3.67. The van der Waals surface area contributed by atoms with Crippen LogP contribution in [0.5, 0.6) is 0 Å². The maximum atomic E-state index is 13.5. The highest BCUT2D eigenvalue weighted by Crippen LogP contribution is 2.39. The Labute approximate surface area is 175 Å². The molecule has 1 aliphatic rings. The summed E-state index contributed by atoms with van der Waals surface area (Å²) in [5, 5.41) is 2.40. The number of aryl methyl sites for hydroxylation is 1. The van der Waals surface area contributed by atoms with E-state index in [4.69, 9.17) is 4.42 Å². The van der Waals surface area contributed by atoms with Crippen molar-refractivity contribution in [3.8, 4) is 11.5 Å². The van der Waals surface area contributed by atoms with Crippen molar-refractivity contribution in [2.24, 2.45) is 0 Å². The standard InChI is InChI=1S/C22H18F3N3O3/c1-13-7-9-14(10-8-13)18-26-15(12-31-18)11-28-19(29)21(2,27-20(28)30)16-5-3-4-6-17(16)22(23,24)25/h3-10,12H,11H2,1-2H3,(H,27,30)/t21-/m1/s1. The predicted octanol–water partition coefficient (Wildman–Crippen LogP) is 4.64. The first-order valence-corrected chi connectivity index (χ1v) is 9.42. The van der Waals surface area contributed by atoms with Crippen LogP contribution in [0, 0.1) is 6.92 Å². The second-order valence-corrected chi connectivity index (χ2v) is 7.50. The number of urea groups is 1. The first kappa shape index (κ1) is 20.6. The first-order valence-electron chi connectivity index (χ1n) is 9.42. The normalized spacial score (nSPS) is 19.1. The van der Waals surface area contributed by atoms with Crippen LogP contribution in [-0.2, 0) is 23.1 Å². The number of nitrogens with one attached hydrogen (secondary N) is 1. The summed E-state index contributed by atoms with van der Waals surface area (Å²) in [6.07, 6.45) is -3.36. The van der Waals surface area contributed by atoms with Crippen LogP contribution in [0.25, 0.3) is 11.5 Å². The molecule has 0 bridgehead atoms. The first-order chi connectivity index (χ1) is 14.6. The van der Waals surface area contributed by atoms with Gasteiger partial charge >= 0.3 is 12.2 Å². The van der Waals surface area contributed by atoms with Gasteiger partial charge < -0.3 is 9.73 Å². The number of nitrogens with zero attached hydrogens (tertiary/aromatic N) is 2. The number of halogens is 3. The fourth-order valence-electron chi connectivity index (χ4n) is 3.56. The molecule has 1 aliphatic heterocycles. The molecule has 2 heterocycles. The van der Waals surface area contributed by atoms with Crippen molar-refractivity contribution in [3.05, 3.63) is 77.2 Å². The average molecular weight is 429 g/mol. The molecule has 1 aromatic heterocycles. The summed E-state index contributed by atoms with van der Waals surface area (Å²) in [7, 11) is 0. The number of amides is 3. The third-order valence-electron chi connectivity index (χ3n) is 5.22. The number of carbonyl (C=O) groups is 2. The van der Waals surface area contributed by atoms with Crippen LogP contribution in [0.3, 0.4) is 0 Å². The predicted molar refractivity (Wildman–Crippen MR) is 105 cm³/mol. The fourth-order valence-corrected chi connectivity index (χ4v) is 3.56. The van der Waals surface area contributed by atoms with Gasteiger partial charge in [-0.1, -0.05) is 35.9 Å². The van der Waals surface area contributed by atoms with Crippen LogP contribution in [-0.4, -0.2) is 21.8 Å². The number of alkyl halides is 3. The monoisotopic (exact) mass is 429 g/mol. The molecule has 2 aromatic carbocycles. The van der Waals surface area contributed by atoms with E-state index in [2.05, 4.69) is 10.3 Å². The maximum absolute atomic E-state index is 13.5. The molecule has 1 N–H and O–H groups in total. The van der Waals surface area contributed by atoms with Gasteiger partial charge in [-0.3, -0.25) is 9.69 Å². The lowest BCUT2D eigenvalue weighted by Gasteiger charge is -2.25. The van der Waals surface area contributed by atoms with E-state index in [0.717, 1.165) is 22.1 Å². The van der Waals surface area contributed by atoms with Gasteiger partial charge in [-0.15, -0.1) is 0 Å². The van der Waals surface area contributed by atoms with Crippen molar-refractivity contribution < 1.29 is 27.2 Å². The van der Waals surface area contributed by atoms with E-state index < -0.39 is 29.2 Å². The Morgan fingerprint density at radius 1 is 1.10 bits per heavy atom. The summed E-state index contributed by atoms with van der Waals surface area (Å²) in [6.45, 7) is 2.97. The zero-order valence-corrected chi connectivity index (χ0v) is 16.7. The lowest BCUT2D eigenvalue weighted by atomic mass is 9.87. The molecular formula is C22H18F3N3O3. The Hall–Kier alpha value is -3.62. The average Bonchev–Trinajstić information content (AvgIpc) is 3.27. The third-order valence-corrected chi connectivity index (χ3v) is 5.22. The fraction of sp³-hybridized carbons (Fsp3) is 0.227. The summed E-state index contributed by atoms with van der Waals surface area (Å²) in [5.74, 6) is -0.485. The van der Waals surface area contributed by atoms with Gasteiger partial charge in [0, 0.05) is 5.56 Å². The topological polar surface area (TPSA) is 75.4 Å². The number of benzene rings is 2. The van der Waals surface area contributed by atoms with Gasteiger partial charge in [-0.25, -0.2) is 9.78 Å². The zero-order chi connectivity index (χ0) is 22.4. The van der Waals surface area contributed by atoms with E-state index in [-0.39, 0.29) is 12.1 Å². The number of aromatic nitrogens is 1. The molecule has 0 saturated carbocycles. The highest BCUT2D eigenvalue weighted by Gasteiger charge is 2.52. The van der Waals surface area contributed by atoms with E-state index in [9.17, 15) is 22.8 Å². The molecule has 9 heteroatoms. The lowest BCUT2D eigenvalue weighted by Crippen LogP contribution is -2.42. The van der Waals surface area contributed by atoms with E-state index in [1.165, 1.54) is 31.4 Å². The van der Waals surface area contributed by atoms with Crippen LogP contribution in [0.1, 0.15) is 29.3 Å². The Bertz CT molecular complexity index is 1150. The highest BCUT2D eigenvalue weighted by molar-refractivity contribution is 6.07. The molecule has 160 valence electrons. The number of oxazole rings is 1. The van der Waals surface area contributed by atoms with E-state index >= 15 is 0 Å². The number of hydrogen-bond acceptors (Lipinski definition) is 4.